The number of amidine groups is 1. The topological polar surface area (TPSA) is 92.2 Å². The Morgan fingerprint density at radius 3 is 3.08 bits per heavy atom. The number of pyridine rings is 1. The van der Waals surface area contributed by atoms with E-state index in [9.17, 15) is 0 Å². The lowest BCUT2D eigenvalue weighted by Crippen LogP contribution is -2.13. The summed E-state index contributed by atoms with van der Waals surface area (Å²) in [4.78, 5) is 3.85. The van der Waals surface area contributed by atoms with E-state index < -0.39 is 0 Å². The van der Waals surface area contributed by atoms with Crippen LogP contribution in [0.25, 0.3) is 0 Å². The lowest BCUT2D eigenvalue weighted by molar-refractivity contribution is 0.201. The monoisotopic (exact) mass is 181 g/mol. The number of hydrogen-bond acceptors (Lipinski definition) is 4. The first-order valence-corrected chi connectivity index (χ1v) is 3.78. The first-order chi connectivity index (χ1) is 6.24. The number of nitrogen functional groups attached to an aromatic ring is 1. The molecule has 0 spiro atoms. The summed E-state index contributed by atoms with van der Waals surface area (Å²) in [6, 6.07) is 3.19. The number of rotatable bonds is 4. The minimum absolute atomic E-state index is 0.0439. The molecule has 1 aromatic heterocycles. The van der Waals surface area contributed by atoms with Crippen molar-refractivity contribution in [2.45, 2.75) is 0 Å². The van der Waals surface area contributed by atoms with Gasteiger partial charge in [-0.2, -0.15) is 0 Å². The Morgan fingerprint density at radius 1 is 1.69 bits per heavy atom. The lowest BCUT2D eigenvalue weighted by atomic mass is 10.3. The summed E-state index contributed by atoms with van der Waals surface area (Å²) in [5.41, 5.74) is 5.60. The molecule has 0 saturated heterocycles. The Hall–Kier alpha value is -1.62. The molecule has 70 valence electrons. The van der Waals surface area contributed by atoms with Gasteiger partial charge in [-0.25, -0.2) is 0 Å². The lowest BCUT2D eigenvalue weighted by Gasteiger charge is -2.04. The van der Waals surface area contributed by atoms with Gasteiger partial charge < -0.3 is 15.6 Å². The molecule has 4 N–H and O–H groups in total. The average molecular weight is 181 g/mol. The first-order valence-electron chi connectivity index (χ1n) is 3.78. The summed E-state index contributed by atoms with van der Waals surface area (Å²) in [6.45, 7) is 0.180. The van der Waals surface area contributed by atoms with E-state index in [2.05, 4.69) is 4.98 Å². The largest absolute Gasteiger partial charge is 0.491 e. The number of aliphatic hydroxyl groups is 1. The summed E-state index contributed by atoms with van der Waals surface area (Å²) in [7, 11) is 0. The van der Waals surface area contributed by atoms with Crippen LogP contribution in [0.4, 0.5) is 0 Å². The zero-order chi connectivity index (χ0) is 9.68. The summed E-state index contributed by atoms with van der Waals surface area (Å²) < 4.78 is 5.10. The standard InChI is InChI=1S/C8H11N3O2/c9-8(10)7-5-6(1-2-11-7)13-4-3-12/h1-2,5,12H,3-4H2,(H3,9,10). The Bertz CT molecular complexity index is 301. The van der Waals surface area contributed by atoms with Gasteiger partial charge in [0, 0.05) is 12.3 Å². The number of aliphatic hydroxyl groups excluding tert-OH is 1. The summed E-state index contributed by atoms with van der Waals surface area (Å²) in [5.74, 6) is 0.448. The highest BCUT2D eigenvalue weighted by atomic mass is 16.5. The third kappa shape index (κ3) is 2.72. The minimum atomic E-state index is -0.102. The van der Waals surface area contributed by atoms with Gasteiger partial charge in [-0.1, -0.05) is 0 Å². The molecule has 0 unspecified atom stereocenters. The highest BCUT2D eigenvalue weighted by molar-refractivity contribution is 5.93. The van der Waals surface area contributed by atoms with Crippen molar-refractivity contribution in [2.24, 2.45) is 5.73 Å². The number of nitrogens with one attached hydrogen (secondary N) is 1. The molecule has 0 fully saturated rings. The van der Waals surface area contributed by atoms with Crippen LogP contribution in [0, 0.1) is 5.41 Å². The van der Waals surface area contributed by atoms with Gasteiger partial charge in [0.1, 0.15) is 23.9 Å². The Labute approximate surface area is 75.7 Å². The second kappa shape index (κ2) is 4.42. The van der Waals surface area contributed by atoms with E-state index in [-0.39, 0.29) is 19.0 Å². The van der Waals surface area contributed by atoms with Crippen LogP contribution in [0.15, 0.2) is 18.3 Å². The van der Waals surface area contributed by atoms with Crippen molar-refractivity contribution >= 4 is 5.84 Å². The predicted molar refractivity (Wildman–Crippen MR) is 47.8 cm³/mol. The van der Waals surface area contributed by atoms with E-state index in [0.29, 0.717) is 11.4 Å². The van der Waals surface area contributed by atoms with E-state index in [1.54, 1.807) is 12.1 Å². The van der Waals surface area contributed by atoms with Crippen LogP contribution in [0.5, 0.6) is 5.75 Å². The fourth-order valence-electron chi connectivity index (χ4n) is 0.812. The molecule has 13 heavy (non-hydrogen) atoms. The van der Waals surface area contributed by atoms with Crippen LogP contribution in [0.2, 0.25) is 0 Å². The molecule has 0 bridgehead atoms. The molecule has 0 saturated carbocycles. The molecule has 1 aromatic rings. The number of nitrogens with zero attached hydrogens (tertiary/aromatic N) is 1. The molecule has 0 aliphatic heterocycles. The Balaban J connectivity index is 2.73. The van der Waals surface area contributed by atoms with E-state index in [0.717, 1.165) is 0 Å². The molecular weight excluding hydrogens is 170 g/mol. The van der Waals surface area contributed by atoms with Crippen LogP contribution >= 0.6 is 0 Å². The second-order valence-electron chi connectivity index (χ2n) is 2.36. The second-order valence-corrected chi connectivity index (χ2v) is 2.36. The van der Waals surface area contributed by atoms with Crippen LogP contribution in [-0.2, 0) is 0 Å². The zero-order valence-corrected chi connectivity index (χ0v) is 7.03. The quantitative estimate of drug-likeness (QED) is 0.440. The molecule has 0 amide bonds. The van der Waals surface area contributed by atoms with Crippen molar-refractivity contribution in [3.63, 3.8) is 0 Å². The summed E-state index contributed by atoms with van der Waals surface area (Å²) in [5, 5.41) is 15.6. The van der Waals surface area contributed by atoms with E-state index in [1.165, 1.54) is 6.20 Å². The fraction of sp³-hybridized carbons (Fsp3) is 0.250. The van der Waals surface area contributed by atoms with Crippen molar-refractivity contribution in [3.8, 4) is 5.75 Å². The molecule has 5 nitrogen and oxygen atoms in total. The van der Waals surface area contributed by atoms with Crippen molar-refractivity contribution < 1.29 is 9.84 Å². The molecular formula is C8H11N3O2. The number of nitrogens with two attached hydrogens (primary N) is 1. The van der Waals surface area contributed by atoms with Gasteiger partial charge in [0.2, 0.25) is 0 Å². The third-order valence-corrected chi connectivity index (χ3v) is 1.37. The summed E-state index contributed by atoms with van der Waals surface area (Å²) in [6.07, 6.45) is 1.50. The Morgan fingerprint density at radius 2 is 2.46 bits per heavy atom. The zero-order valence-electron chi connectivity index (χ0n) is 7.03. The van der Waals surface area contributed by atoms with Crippen molar-refractivity contribution in [1.29, 1.82) is 5.41 Å². The maximum atomic E-state index is 8.50. The molecule has 0 radical (unpaired) electrons. The normalized spacial score (nSPS) is 9.62. The maximum Gasteiger partial charge on any atom is 0.141 e. The molecule has 0 aliphatic rings. The van der Waals surface area contributed by atoms with Crippen molar-refractivity contribution in [1.82, 2.24) is 4.98 Å². The van der Waals surface area contributed by atoms with Gasteiger partial charge in [-0.3, -0.25) is 10.4 Å². The van der Waals surface area contributed by atoms with E-state index in [1.807, 2.05) is 0 Å². The van der Waals surface area contributed by atoms with Crippen LogP contribution in [0.1, 0.15) is 5.69 Å². The molecule has 0 atom stereocenters. The van der Waals surface area contributed by atoms with E-state index in [4.69, 9.17) is 21.0 Å². The van der Waals surface area contributed by atoms with Crippen LogP contribution < -0.4 is 10.5 Å². The van der Waals surface area contributed by atoms with Crippen molar-refractivity contribution in [2.75, 3.05) is 13.2 Å². The van der Waals surface area contributed by atoms with Crippen LogP contribution in [-0.4, -0.2) is 29.1 Å². The van der Waals surface area contributed by atoms with Gasteiger partial charge in [0.15, 0.2) is 0 Å². The van der Waals surface area contributed by atoms with Gasteiger partial charge >= 0.3 is 0 Å². The Kier molecular flexibility index (Phi) is 3.22. The van der Waals surface area contributed by atoms with Crippen molar-refractivity contribution in [3.05, 3.63) is 24.0 Å². The average Bonchev–Trinajstić information content (AvgIpc) is 2.15. The van der Waals surface area contributed by atoms with Gasteiger partial charge in [-0.15, -0.1) is 0 Å². The fourth-order valence-corrected chi connectivity index (χ4v) is 0.812. The van der Waals surface area contributed by atoms with Gasteiger partial charge in [0.05, 0.1) is 6.61 Å². The highest BCUT2D eigenvalue weighted by Crippen LogP contribution is 2.09. The van der Waals surface area contributed by atoms with Gasteiger partial charge in [0.25, 0.3) is 0 Å². The predicted octanol–water partition coefficient (Wildman–Crippen LogP) is -0.263. The van der Waals surface area contributed by atoms with E-state index >= 15 is 0 Å². The first kappa shape index (κ1) is 9.47. The number of hydrogen-bond donors (Lipinski definition) is 3. The third-order valence-electron chi connectivity index (χ3n) is 1.37. The molecule has 5 heteroatoms. The maximum absolute atomic E-state index is 8.50. The number of ether oxygens (including phenoxy) is 1. The molecule has 1 heterocycles. The van der Waals surface area contributed by atoms with Gasteiger partial charge in [-0.05, 0) is 6.07 Å². The SMILES string of the molecule is N=C(N)c1cc(OCCO)ccn1. The highest BCUT2D eigenvalue weighted by Gasteiger charge is 1.99. The van der Waals surface area contributed by atoms with Crippen LogP contribution in [0.3, 0.4) is 0 Å². The smallest absolute Gasteiger partial charge is 0.141 e. The molecule has 0 aromatic carbocycles. The minimum Gasteiger partial charge on any atom is -0.491 e. The summed E-state index contributed by atoms with van der Waals surface area (Å²) >= 11 is 0. The molecule has 1 rings (SSSR count). The molecule has 0 aliphatic carbocycles. The number of aromatic nitrogens is 1.